The Kier molecular flexibility index (Phi) is 5.92. The minimum Gasteiger partial charge on any atom is -0.351 e. The third-order valence-electron chi connectivity index (χ3n) is 2.22. The van der Waals surface area contributed by atoms with Gasteiger partial charge < -0.3 is 16.4 Å². The van der Waals surface area contributed by atoms with Crippen LogP contribution in [0.25, 0.3) is 0 Å². The highest BCUT2D eigenvalue weighted by atomic mass is 16.1. The van der Waals surface area contributed by atoms with E-state index in [0.29, 0.717) is 30.8 Å². The van der Waals surface area contributed by atoms with Crippen molar-refractivity contribution in [2.24, 2.45) is 5.73 Å². The molecule has 5 heteroatoms. The van der Waals surface area contributed by atoms with Crippen molar-refractivity contribution >= 4 is 12.2 Å². The molecule has 0 atom stereocenters. The van der Waals surface area contributed by atoms with Crippen LogP contribution in [0.5, 0.6) is 0 Å². The Morgan fingerprint density at radius 2 is 1.88 bits per heavy atom. The van der Waals surface area contributed by atoms with Gasteiger partial charge in [-0.3, -0.25) is 9.59 Å². The first-order chi connectivity index (χ1) is 8.27. The standard InChI is InChI=1S/C12H17N3O2/c13-5-6-14-7-8-15-12(17)11-3-1-10(9-16)2-4-11/h1-4,9,14H,5-8,13H2,(H,15,17). The highest BCUT2D eigenvalue weighted by Crippen LogP contribution is 2.01. The van der Waals surface area contributed by atoms with Crippen LogP contribution in [0.4, 0.5) is 0 Å². The van der Waals surface area contributed by atoms with Crippen molar-refractivity contribution in [3.05, 3.63) is 35.4 Å². The van der Waals surface area contributed by atoms with Crippen LogP contribution in [0.15, 0.2) is 24.3 Å². The molecule has 92 valence electrons. The Balaban J connectivity index is 2.33. The molecule has 1 aromatic carbocycles. The van der Waals surface area contributed by atoms with Gasteiger partial charge in [0.25, 0.3) is 5.91 Å². The molecule has 0 spiro atoms. The van der Waals surface area contributed by atoms with Crippen molar-refractivity contribution in [1.29, 1.82) is 0 Å². The molecule has 17 heavy (non-hydrogen) atoms. The molecule has 0 aliphatic heterocycles. The number of nitrogens with one attached hydrogen (secondary N) is 2. The Labute approximate surface area is 100 Å². The summed E-state index contributed by atoms with van der Waals surface area (Å²) in [6, 6.07) is 6.50. The van der Waals surface area contributed by atoms with Crippen LogP contribution < -0.4 is 16.4 Å². The molecule has 0 aromatic heterocycles. The number of hydrogen-bond donors (Lipinski definition) is 3. The van der Waals surface area contributed by atoms with Gasteiger partial charge in [0.05, 0.1) is 0 Å². The molecule has 1 aromatic rings. The van der Waals surface area contributed by atoms with Gasteiger partial charge in [-0.1, -0.05) is 12.1 Å². The summed E-state index contributed by atoms with van der Waals surface area (Å²) in [4.78, 5) is 22.1. The number of hydrogen-bond acceptors (Lipinski definition) is 4. The van der Waals surface area contributed by atoms with E-state index in [9.17, 15) is 9.59 Å². The average molecular weight is 235 g/mol. The first-order valence-corrected chi connectivity index (χ1v) is 5.52. The molecule has 0 saturated carbocycles. The molecular weight excluding hydrogens is 218 g/mol. The topological polar surface area (TPSA) is 84.2 Å². The number of aldehydes is 1. The molecule has 1 rings (SSSR count). The normalized spacial score (nSPS) is 9.94. The number of carbonyl (C=O) groups excluding carboxylic acids is 2. The quantitative estimate of drug-likeness (QED) is 0.450. The van der Waals surface area contributed by atoms with E-state index in [1.54, 1.807) is 24.3 Å². The monoisotopic (exact) mass is 235 g/mol. The zero-order chi connectivity index (χ0) is 12.5. The largest absolute Gasteiger partial charge is 0.351 e. The van der Waals surface area contributed by atoms with Crippen molar-refractivity contribution in [3.8, 4) is 0 Å². The summed E-state index contributed by atoms with van der Waals surface area (Å²) < 4.78 is 0. The van der Waals surface area contributed by atoms with E-state index in [1.165, 1.54) is 0 Å². The maximum Gasteiger partial charge on any atom is 0.251 e. The lowest BCUT2D eigenvalue weighted by atomic mass is 10.1. The Morgan fingerprint density at radius 1 is 1.18 bits per heavy atom. The summed E-state index contributed by atoms with van der Waals surface area (Å²) in [6.45, 7) is 2.56. The van der Waals surface area contributed by atoms with Crippen LogP contribution in [0, 0.1) is 0 Å². The molecule has 0 saturated heterocycles. The predicted molar refractivity (Wildman–Crippen MR) is 66.1 cm³/mol. The molecule has 0 fully saturated rings. The average Bonchev–Trinajstić information content (AvgIpc) is 2.38. The highest BCUT2D eigenvalue weighted by Gasteiger charge is 2.03. The molecule has 0 aliphatic carbocycles. The van der Waals surface area contributed by atoms with Crippen molar-refractivity contribution in [2.75, 3.05) is 26.2 Å². The fourth-order valence-electron chi connectivity index (χ4n) is 1.31. The number of benzene rings is 1. The second kappa shape index (κ2) is 7.54. The smallest absolute Gasteiger partial charge is 0.251 e. The lowest BCUT2D eigenvalue weighted by Gasteiger charge is -2.06. The summed E-state index contributed by atoms with van der Waals surface area (Å²) >= 11 is 0. The van der Waals surface area contributed by atoms with Crippen LogP contribution in [0.2, 0.25) is 0 Å². The Morgan fingerprint density at radius 3 is 2.47 bits per heavy atom. The fourth-order valence-corrected chi connectivity index (χ4v) is 1.31. The second-order valence-electron chi connectivity index (χ2n) is 3.53. The zero-order valence-electron chi connectivity index (χ0n) is 9.61. The van der Waals surface area contributed by atoms with Crippen LogP contribution in [-0.2, 0) is 0 Å². The Bertz CT molecular complexity index is 363. The SMILES string of the molecule is NCCNCCNC(=O)c1ccc(C=O)cc1. The minimum absolute atomic E-state index is 0.142. The third kappa shape index (κ3) is 4.76. The summed E-state index contributed by atoms with van der Waals surface area (Å²) in [7, 11) is 0. The summed E-state index contributed by atoms with van der Waals surface area (Å²) in [5, 5.41) is 5.84. The summed E-state index contributed by atoms with van der Waals surface area (Å²) in [6.07, 6.45) is 0.748. The van der Waals surface area contributed by atoms with Gasteiger partial charge in [-0.25, -0.2) is 0 Å². The van der Waals surface area contributed by atoms with Gasteiger partial charge in [0.15, 0.2) is 0 Å². The molecule has 0 radical (unpaired) electrons. The maximum atomic E-state index is 11.6. The van der Waals surface area contributed by atoms with E-state index >= 15 is 0 Å². The molecule has 0 unspecified atom stereocenters. The molecule has 1 amide bonds. The molecule has 0 bridgehead atoms. The van der Waals surface area contributed by atoms with E-state index in [-0.39, 0.29) is 5.91 Å². The van der Waals surface area contributed by atoms with E-state index in [4.69, 9.17) is 5.73 Å². The van der Waals surface area contributed by atoms with Crippen LogP contribution in [0.3, 0.4) is 0 Å². The highest BCUT2D eigenvalue weighted by molar-refractivity contribution is 5.94. The van der Waals surface area contributed by atoms with Crippen LogP contribution >= 0.6 is 0 Å². The third-order valence-corrected chi connectivity index (χ3v) is 2.22. The lowest BCUT2D eigenvalue weighted by Crippen LogP contribution is -2.33. The number of amides is 1. The van der Waals surface area contributed by atoms with Gasteiger partial charge in [-0.2, -0.15) is 0 Å². The molecule has 0 heterocycles. The van der Waals surface area contributed by atoms with Crippen molar-refractivity contribution < 1.29 is 9.59 Å². The zero-order valence-corrected chi connectivity index (χ0v) is 9.61. The lowest BCUT2D eigenvalue weighted by molar-refractivity contribution is 0.0953. The summed E-state index contributed by atoms with van der Waals surface area (Å²) in [5.74, 6) is -0.142. The van der Waals surface area contributed by atoms with Gasteiger partial charge in [-0.05, 0) is 12.1 Å². The first-order valence-electron chi connectivity index (χ1n) is 5.52. The van der Waals surface area contributed by atoms with Crippen molar-refractivity contribution in [2.45, 2.75) is 0 Å². The Hall–Kier alpha value is -1.72. The molecule has 5 nitrogen and oxygen atoms in total. The van der Waals surface area contributed by atoms with E-state index < -0.39 is 0 Å². The van der Waals surface area contributed by atoms with Crippen molar-refractivity contribution in [1.82, 2.24) is 10.6 Å². The van der Waals surface area contributed by atoms with E-state index in [0.717, 1.165) is 12.8 Å². The second-order valence-corrected chi connectivity index (χ2v) is 3.53. The van der Waals surface area contributed by atoms with Gasteiger partial charge in [0.1, 0.15) is 6.29 Å². The van der Waals surface area contributed by atoms with Gasteiger partial charge >= 0.3 is 0 Å². The molecule has 0 aliphatic rings. The van der Waals surface area contributed by atoms with Gasteiger partial charge in [-0.15, -0.1) is 0 Å². The predicted octanol–water partition coefficient (Wildman–Crippen LogP) is -0.223. The fraction of sp³-hybridized carbons (Fsp3) is 0.333. The van der Waals surface area contributed by atoms with Gasteiger partial charge in [0, 0.05) is 37.3 Å². The maximum absolute atomic E-state index is 11.6. The van der Waals surface area contributed by atoms with Crippen molar-refractivity contribution in [3.63, 3.8) is 0 Å². The van der Waals surface area contributed by atoms with E-state index in [1.807, 2.05) is 0 Å². The molecule has 4 N–H and O–H groups in total. The van der Waals surface area contributed by atoms with E-state index in [2.05, 4.69) is 10.6 Å². The summed E-state index contributed by atoms with van der Waals surface area (Å²) in [5.41, 5.74) is 6.42. The van der Waals surface area contributed by atoms with Crippen LogP contribution in [0.1, 0.15) is 20.7 Å². The number of carbonyl (C=O) groups is 2. The number of rotatable bonds is 7. The van der Waals surface area contributed by atoms with Crippen LogP contribution in [-0.4, -0.2) is 38.4 Å². The minimum atomic E-state index is -0.142. The molecular formula is C12H17N3O2. The first kappa shape index (κ1) is 13.3. The number of nitrogens with two attached hydrogens (primary N) is 1. The van der Waals surface area contributed by atoms with Gasteiger partial charge in [0.2, 0.25) is 0 Å².